The monoisotopic (exact) mass is 547 g/mol. The second kappa shape index (κ2) is 12.8. The number of benzene rings is 2. The highest BCUT2D eigenvalue weighted by Crippen LogP contribution is 2.24. The first-order chi connectivity index (χ1) is 19.2. The van der Waals surface area contributed by atoms with Crippen molar-refractivity contribution in [2.75, 3.05) is 31.1 Å². The van der Waals surface area contributed by atoms with Gasteiger partial charge in [0.1, 0.15) is 6.04 Å². The fraction of sp³-hybridized carbons (Fsp3) is 0.433. The summed E-state index contributed by atoms with van der Waals surface area (Å²) < 4.78 is 0. The molecule has 0 aliphatic carbocycles. The van der Waals surface area contributed by atoms with Crippen LogP contribution >= 0.6 is 0 Å². The van der Waals surface area contributed by atoms with E-state index in [0.29, 0.717) is 41.2 Å². The Morgan fingerprint density at radius 2 is 1.82 bits per heavy atom. The Bertz CT molecular complexity index is 1310. The van der Waals surface area contributed by atoms with Crippen molar-refractivity contribution in [2.45, 2.75) is 52.5 Å². The number of aliphatic imine (C=N–C) groups is 1. The Kier molecular flexibility index (Phi) is 9.19. The van der Waals surface area contributed by atoms with Crippen LogP contribution in [0.3, 0.4) is 0 Å². The summed E-state index contributed by atoms with van der Waals surface area (Å²) in [6.45, 7) is 8.04. The van der Waals surface area contributed by atoms with Crippen molar-refractivity contribution in [1.82, 2.24) is 16.0 Å². The van der Waals surface area contributed by atoms with Crippen molar-refractivity contribution >= 4 is 35.2 Å². The number of hydrogen-bond donors (Lipinski definition) is 4. The normalized spacial score (nSPS) is 16.1. The van der Waals surface area contributed by atoms with Gasteiger partial charge in [0.15, 0.2) is 11.7 Å². The van der Waals surface area contributed by atoms with Crippen molar-refractivity contribution in [1.29, 1.82) is 0 Å². The molecule has 2 amide bonds. The Morgan fingerprint density at radius 1 is 1.12 bits per heavy atom. The number of anilines is 1. The average Bonchev–Trinajstić information content (AvgIpc) is 3.45. The number of carboxylic acids is 1. The molecule has 2 aliphatic heterocycles. The summed E-state index contributed by atoms with van der Waals surface area (Å²) in [7, 11) is 0. The molecule has 2 aromatic carbocycles. The van der Waals surface area contributed by atoms with Crippen LogP contribution in [0.15, 0.2) is 41.4 Å². The van der Waals surface area contributed by atoms with Crippen LogP contribution in [0.5, 0.6) is 0 Å². The van der Waals surface area contributed by atoms with Crippen molar-refractivity contribution in [3.05, 3.63) is 64.2 Å². The van der Waals surface area contributed by atoms with Gasteiger partial charge in [-0.25, -0.2) is 4.79 Å². The molecule has 0 radical (unpaired) electrons. The van der Waals surface area contributed by atoms with Crippen LogP contribution in [0.4, 0.5) is 5.69 Å². The lowest BCUT2D eigenvalue weighted by molar-refractivity contribution is -0.139. The maximum Gasteiger partial charge on any atom is 0.326 e. The van der Waals surface area contributed by atoms with E-state index in [2.05, 4.69) is 25.8 Å². The number of amides is 2. The third-order valence-corrected chi connectivity index (χ3v) is 7.56. The molecule has 1 saturated heterocycles. The minimum atomic E-state index is -1.12. The van der Waals surface area contributed by atoms with Gasteiger partial charge in [0, 0.05) is 48.8 Å². The lowest BCUT2D eigenvalue weighted by Gasteiger charge is -2.33. The molecule has 2 aliphatic rings. The molecule has 10 heteroatoms. The summed E-state index contributed by atoms with van der Waals surface area (Å²) in [6.07, 6.45) is 2.15. The maximum absolute atomic E-state index is 13.2. The molecule has 2 heterocycles. The molecular formula is C30H37N5O5. The Labute approximate surface area is 234 Å². The summed E-state index contributed by atoms with van der Waals surface area (Å²) in [6, 6.07) is 9.93. The third kappa shape index (κ3) is 6.86. The highest BCUT2D eigenvalue weighted by molar-refractivity contribution is 6.02. The van der Waals surface area contributed by atoms with Crippen LogP contribution in [0.2, 0.25) is 0 Å². The number of carboxylic acid groups (broad SMARTS) is 1. The van der Waals surface area contributed by atoms with Crippen LogP contribution in [0.1, 0.15) is 64.1 Å². The number of Topliss-reactive ketones (excluding diaryl/α,β-unsaturated/α-hetero) is 1. The zero-order chi connectivity index (χ0) is 28.8. The van der Waals surface area contributed by atoms with Crippen molar-refractivity contribution in [3.63, 3.8) is 0 Å². The fourth-order valence-corrected chi connectivity index (χ4v) is 5.28. The van der Waals surface area contributed by atoms with Crippen LogP contribution < -0.4 is 20.9 Å². The van der Waals surface area contributed by atoms with Gasteiger partial charge in [0.05, 0.1) is 6.54 Å². The van der Waals surface area contributed by atoms with E-state index >= 15 is 0 Å². The minimum absolute atomic E-state index is 0.000884. The zero-order valence-electron chi connectivity index (χ0n) is 23.3. The van der Waals surface area contributed by atoms with E-state index in [1.165, 1.54) is 6.92 Å². The smallest absolute Gasteiger partial charge is 0.326 e. The first kappa shape index (κ1) is 28.8. The first-order valence-electron chi connectivity index (χ1n) is 13.8. The number of carbonyl (C=O) groups excluding carboxylic acids is 3. The molecule has 10 nitrogen and oxygen atoms in total. The van der Waals surface area contributed by atoms with Crippen LogP contribution in [-0.4, -0.2) is 66.9 Å². The number of hydrogen-bond acceptors (Lipinski definition) is 7. The first-order valence-corrected chi connectivity index (χ1v) is 13.8. The van der Waals surface area contributed by atoms with Crippen LogP contribution in [0, 0.1) is 12.8 Å². The third-order valence-electron chi connectivity index (χ3n) is 7.56. The molecule has 4 rings (SSSR count). The molecule has 1 atom stereocenters. The molecule has 1 unspecified atom stereocenters. The predicted octanol–water partition coefficient (Wildman–Crippen LogP) is 2.48. The Hall–Kier alpha value is -4.21. The van der Waals surface area contributed by atoms with Gasteiger partial charge in [0.2, 0.25) is 5.91 Å². The number of nitrogens with zero attached hydrogens (tertiary/aromatic N) is 2. The summed E-state index contributed by atoms with van der Waals surface area (Å²) >= 11 is 0. The van der Waals surface area contributed by atoms with Crippen LogP contribution in [-0.2, 0) is 22.4 Å². The standard InChI is InChI=1S/C30H37N5O5/c1-4-21-17-23(19(3)36)15-18(2)26(21)28(38)33-25(29(39)40)16-20-5-7-24(8-6-20)35-13-9-22(10-14-35)27(37)34-30-31-11-12-32-30/h5-8,15,17,22,25H,4,9-14,16H2,1-3H3,(H,33,38)(H,39,40)(H2,31,32,34,37). The number of guanidine groups is 1. The molecular weight excluding hydrogens is 510 g/mol. The van der Waals surface area contributed by atoms with Gasteiger partial charge in [-0.15, -0.1) is 0 Å². The van der Waals surface area contributed by atoms with Gasteiger partial charge in [0.25, 0.3) is 5.91 Å². The summed E-state index contributed by atoms with van der Waals surface area (Å²) in [5, 5.41) is 18.5. The number of nitrogens with one attached hydrogen (secondary N) is 3. The molecule has 0 aromatic heterocycles. The summed E-state index contributed by atoms with van der Waals surface area (Å²) in [4.78, 5) is 56.0. The van der Waals surface area contributed by atoms with E-state index in [1.54, 1.807) is 19.1 Å². The number of piperidine rings is 1. The quantitative estimate of drug-likeness (QED) is 0.354. The largest absolute Gasteiger partial charge is 0.480 e. The minimum Gasteiger partial charge on any atom is -0.480 e. The number of rotatable bonds is 9. The van der Waals surface area contributed by atoms with Crippen molar-refractivity contribution < 1.29 is 24.3 Å². The van der Waals surface area contributed by atoms with E-state index in [9.17, 15) is 24.3 Å². The van der Waals surface area contributed by atoms with E-state index in [0.717, 1.165) is 43.7 Å². The number of aryl methyl sites for hydroxylation is 2. The summed E-state index contributed by atoms with van der Waals surface area (Å²) in [5.74, 6) is -1.16. The van der Waals surface area contributed by atoms with E-state index in [1.807, 2.05) is 31.2 Å². The van der Waals surface area contributed by atoms with Crippen molar-refractivity contribution in [2.24, 2.45) is 10.9 Å². The molecule has 1 fully saturated rings. The molecule has 4 N–H and O–H groups in total. The van der Waals surface area contributed by atoms with Gasteiger partial charge in [-0.05, 0) is 74.1 Å². The van der Waals surface area contributed by atoms with Gasteiger partial charge in [-0.2, -0.15) is 0 Å². The maximum atomic E-state index is 13.2. The van der Waals surface area contributed by atoms with E-state index in [-0.39, 0.29) is 24.0 Å². The van der Waals surface area contributed by atoms with Gasteiger partial charge in [-0.3, -0.25) is 24.7 Å². The topological polar surface area (TPSA) is 140 Å². The second-order valence-electron chi connectivity index (χ2n) is 10.4. The molecule has 212 valence electrons. The lowest BCUT2D eigenvalue weighted by Crippen LogP contribution is -2.45. The van der Waals surface area contributed by atoms with Crippen molar-refractivity contribution in [3.8, 4) is 0 Å². The molecule has 0 bridgehead atoms. The highest BCUT2D eigenvalue weighted by Gasteiger charge is 2.27. The van der Waals surface area contributed by atoms with Crippen LogP contribution in [0.25, 0.3) is 0 Å². The molecule has 40 heavy (non-hydrogen) atoms. The van der Waals surface area contributed by atoms with E-state index < -0.39 is 17.9 Å². The number of ketones is 1. The molecule has 0 saturated carbocycles. The fourth-order valence-electron chi connectivity index (χ4n) is 5.28. The van der Waals surface area contributed by atoms with Gasteiger partial charge in [-0.1, -0.05) is 19.1 Å². The SMILES string of the molecule is CCc1cc(C(C)=O)cc(C)c1C(=O)NC(Cc1ccc(N2CCC(C(=O)NC3=NCCN3)CC2)cc1)C(=O)O. The lowest BCUT2D eigenvalue weighted by atomic mass is 9.94. The summed E-state index contributed by atoms with van der Waals surface area (Å²) in [5.41, 5.74) is 4.09. The Morgan fingerprint density at radius 3 is 2.40 bits per heavy atom. The van der Waals surface area contributed by atoms with Gasteiger partial charge >= 0.3 is 5.97 Å². The molecule has 0 spiro atoms. The van der Waals surface area contributed by atoms with E-state index in [4.69, 9.17) is 0 Å². The Balaban J connectivity index is 1.36. The number of carbonyl (C=O) groups is 4. The highest BCUT2D eigenvalue weighted by atomic mass is 16.4. The molecule has 2 aromatic rings. The average molecular weight is 548 g/mol. The zero-order valence-corrected chi connectivity index (χ0v) is 23.3. The predicted molar refractivity (Wildman–Crippen MR) is 153 cm³/mol. The number of aliphatic carboxylic acids is 1. The second-order valence-corrected chi connectivity index (χ2v) is 10.4. The van der Waals surface area contributed by atoms with Gasteiger partial charge < -0.3 is 20.6 Å².